The fourth-order valence-corrected chi connectivity index (χ4v) is 2.79. The number of aromatic nitrogens is 1. The minimum absolute atomic E-state index is 0. The van der Waals surface area contributed by atoms with Gasteiger partial charge in [0.1, 0.15) is 6.61 Å². The van der Waals surface area contributed by atoms with Crippen molar-refractivity contribution in [1.29, 1.82) is 0 Å². The second kappa shape index (κ2) is 13.1. The van der Waals surface area contributed by atoms with Gasteiger partial charge in [-0.1, -0.05) is 6.07 Å². The van der Waals surface area contributed by atoms with E-state index in [1.54, 1.807) is 13.3 Å². The Hall–Kier alpha value is -1.13. The summed E-state index contributed by atoms with van der Waals surface area (Å²) >= 11 is 0. The van der Waals surface area contributed by atoms with Gasteiger partial charge in [-0.3, -0.25) is 0 Å². The summed E-state index contributed by atoms with van der Waals surface area (Å²) in [5.74, 6) is 1.38. The third-order valence-corrected chi connectivity index (χ3v) is 4.17. The van der Waals surface area contributed by atoms with Gasteiger partial charge in [-0.15, -0.1) is 24.0 Å². The molecule has 148 valence electrons. The molecule has 1 aliphatic carbocycles. The second-order valence-corrected chi connectivity index (χ2v) is 6.15. The van der Waals surface area contributed by atoms with Gasteiger partial charge >= 0.3 is 0 Å². The van der Waals surface area contributed by atoms with Crippen LogP contribution in [-0.2, 0) is 11.3 Å². The summed E-state index contributed by atoms with van der Waals surface area (Å²) in [6.07, 6.45) is 5.17. The molecular formula is C18H31IN4O3. The number of rotatable bonds is 8. The van der Waals surface area contributed by atoms with E-state index in [0.29, 0.717) is 31.7 Å². The molecule has 1 aliphatic rings. The Kier molecular flexibility index (Phi) is 11.5. The number of hydrogen-bond acceptors (Lipinski definition) is 5. The summed E-state index contributed by atoms with van der Waals surface area (Å²) in [5, 5.41) is 16.4. The zero-order chi connectivity index (χ0) is 17.9. The standard InChI is InChI=1S/C18H30N4O3.HI/c1-3-19-18(22-15-6-8-16(23)9-7-15)21-13-14-5-4-10-20-17(14)25-12-11-24-2;/h4-5,10,15-16,23H,3,6-9,11-13H2,1-2H3,(H2,19,21,22);1H. The number of pyridine rings is 1. The molecule has 1 aromatic rings. The number of aliphatic hydroxyl groups is 1. The molecule has 1 aromatic heterocycles. The lowest BCUT2D eigenvalue weighted by molar-refractivity contribution is 0.120. The maximum Gasteiger partial charge on any atom is 0.218 e. The van der Waals surface area contributed by atoms with Crippen molar-refractivity contribution in [1.82, 2.24) is 15.6 Å². The quantitative estimate of drug-likeness (QED) is 0.230. The third-order valence-electron chi connectivity index (χ3n) is 4.17. The summed E-state index contributed by atoms with van der Waals surface area (Å²) in [5.41, 5.74) is 0.940. The van der Waals surface area contributed by atoms with Gasteiger partial charge in [-0.25, -0.2) is 9.98 Å². The third kappa shape index (κ3) is 8.05. The molecule has 7 nitrogen and oxygen atoms in total. The SMILES string of the molecule is CCNC(=NCc1cccnc1OCCOC)NC1CCC(O)CC1.I. The lowest BCUT2D eigenvalue weighted by Crippen LogP contribution is -2.45. The maximum atomic E-state index is 9.63. The van der Waals surface area contributed by atoms with Gasteiger partial charge in [0.15, 0.2) is 5.96 Å². The number of hydrogen-bond donors (Lipinski definition) is 3. The van der Waals surface area contributed by atoms with Crippen LogP contribution in [-0.4, -0.2) is 55.1 Å². The van der Waals surface area contributed by atoms with Crippen LogP contribution in [0.15, 0.2) is 23.3 Å². The molecule has 0 radical (unpaired) electrons. The van der Waals surface area contributed by atoms with Crippen LogP contribution in [0.1, 0.15) is 38.2 Å². The summed E-state index contributed by atoms with van der Waals surface area (Å²) in [7, 11) is 1.64. The van der Waals surface area contributed by atoms with E-state index in [4.69, 9.17) is 9.47 Å². The van der Waals surface area contributed by atoms with E-state index in [9.17, 15) is 5.11 Å². The van der Waals surface area contributed by atoms with Crippen molar-refractivity contribution in [2.75, 3.05) is 26.9 Å². The van der Waals surface area contributed by atoms with E-state index < -0.39 is 0 Å². The minimum atomic E-state index is -0.153. The van der Waals surface area contributed by atoms with Crippen LogP contribution in [0.3, 0.4) is 0 Å². The number of aliphatic hydroxyl groups excluding tert-OH is 1. The molecule has 3 N–H and O–H groups in total. The summed E-state index contributed by atoms with van der Waals surface area (Å²) in [6, 6.07) is 4.21. The van der Waals surface area contributed by atoms with Crippen LogP contribution in [0.5, 0.6) is 5.88 Å². The Balaban J connectivity index is 0.00000338. The van der Waals surface area contributed by atoms with Crippen molar-refractivity contribution in [2.24, 2.45) is 4.99 Å². The first-order chi connectivity index (χ1) is 12.2. The first-order valence-electron chi connectivity index (χ1n) is 9.01. The predicted octanol–water partition coefficient (Wildman–Crippen LogP) is 2.08. The first-order valence-corrected chi connectivity index (χ1v) is 9.01. The van der Waals surface area contributed by atoms with Gasteiger partial charge in [-0.2, -0.15) is 0 Å². The predicted molar refractivity (Wildman–Crippen MR) is 113 cm³/mol. The molecule has 0 aromatic carbocycles. The van der Waals surface area contributed by atoms with E-state index in [-0.39, 0.29) is 30.1 Å². The van der Waals surface area contributed by atoms with Crippen molar-refractivity contribution in [3.8, 4) is 5.88 Å². The molecule has 1 heterocycles. The monoisotopic (exact) mass is 478 g/mol. The molecule has 0 saturated heterocycles. The highest BCUT2D eigenvalue weighted by atomic mass is 127. The zero-order valence-electron chi connectivity index (χ0n) is 15.6. The van der Waals surface area contributed by atoms with Crippen molar-refractivity contribution >= 4 is 29.9 Å². The summed E-state index contributed by atoms with van der Waals surface area (Å²) in [4.78, 5) is 8.95. The highest BCUT2D eigenvalue weighted by molar-refractivity contribution is 14.0. The average molecular weight is 478 g/mol. The fourth-order valence-electron chi connectivity index (χ4n) is 2.79. The Morgan fingerprint density at radius 1 is 1.31 bits per heavy atom. The number of halogens is 1. The highest BCUT2D eigenvalue weighted by Gasteiger charge is 2.20. The lowest BCUT2D eigenvalue weighted by Gasteiger charge is -2.27. The first kappa shape index (κ1) is 22.9. The van der Waals surface area contributed by atoms with Crippen LogP contribution < -0.4 is 15.4 Å². The molecule has 1 fully saturated rings. The smallest absolute Gasteiger partial charge is 0.218 e. The zero-order valence-corrected chi connectivity index (χ0v) is 17.9. The number of ether oxygens (including phenoxy) is 2. The van der Waals surface area contributed by atoms with Gasteiger partial charge in [0.25, 0.3) is 0 Å². The maximum absolute atomic E-state index is 9.63. The summed E-state index contributed by atoms with van der Waals surface area (Å²) in [6.45, 7) is 4.32. The van der Waals surface area contributed by atoms with Crippen LogP contribution in [0.25, 0.3) is 0 Å². The minimum Gasteiger partial charge on any atom is -0.475 e. The van der Waals surface area contributed by atoms with Crippen molar-refractivity contribution in [3.05, 3.63) is 23.9 Å². The van der Waals surface area contributed by atoms with Crippen LogP contribution in [0, 0.1) is 0 Å². The number of guanidine groups is 1. The largest absolute Gasteiger partial charge is 0.475 e. The van der Waals surface area contributed by atoms with Crippen molar-refractivity contribution in [2.45, 2.75) is 51.3 Å². The normalized spacial score (nSPS) is 20.2. The van der Waals surface area contributed by atoms with Gasteiger partial charge in [0.2, 0.25) is 5.88 Å². The van der Waals surface area contributed by atoms with Gasteiger partial charge in [0, 0.05) is 31.5 Å². The topological polar surface area (TPSA) is 88.0 Å². The van der Waals surface area contributed by atoms with E-state index in [1.165, 1.54) is 0 Å². The van der Waals surface area contributed by atoms with E-state index >= 15 is 0 Å². The van der Waals surface area contributed by atoms with E-state index in [1.807, 2.05) is 19.1 Å². The molecule has 1 saturated carbocycles. The molecule has 0 amide bonds. The van der Waals surface area contributed by atoms with Gasteiger partial charge < -0.3 is 25.2 Å². The molecule has 8 heteroatoms. The molecular weight excluding hydrogens is 447 g/mol. The van der Waals surface area contributed by atoms with Crippen LogP contribution in [0.2, 0.25) is 0 Å². The second-order valence-electron chi connectivity index (χ2n) is 6.15. The molecule has 0 aliphatic heterocycles. The molecule has 0 bridgehead atoms. The van der Waals surface area contributed by atoms with E-state index in [2.05, 4.69) is 20.6 Å². The molecule has 2 rings (SSSR count). The lowest BCUT2D eigenvalue weighted by atomic mass is 9.93. The Morgan fingerprint density at radius 3 is 2.77 bits per heavy atom. The van der Waals surface area contributed by atoms with Crippen LogP contribution in [0.4, 0.5) is 0 Å². The number of aliphatic imine (C=N–C) groups is 1. The van der Waals surface area contributed by atoms with Crippen molar-refractivity contribution < 1.29 is 14.6 Å². The highest BCUT2D eigenvalue weighted by Crippen LogP contribution is 2.18. The Morgan fingerprint density at radius 2 is 2.08 bits per heavy atom. The number of nitrogens with one attached hydrogen (secondary N) is 2. The molecule has 0 atom stereocenters. The number of nitrogens with zero attached hydrogens (tertiary/aromatic N) is 2. The van der Waals surface area contributed by atoms with Crippen molar-refractivity contribution in [3.63, 3.8) is 0 Å². The number of methoxy groups -OCH3 is 1. The van der Waals surface area contributed by atoms with Gasteiger partial charge in [-0.05, 0) is 38.7 Å². The average Bonchev–Trinajstić information content (AvgIpc) is 2.63. The summed E-state index contributed by atoms with van der Waals surface area (Å²) < 4.78 is 10.7. The molecule has 26 heavy (non-hydrogen) atoms. The van der Waals surface area contributed by atoms with Gasteiger partial charge in [0.05, 0.1) is 19.3 Å². The fraction of sp³-hybridized carbons (Fsp3) is 0.667. The Labute approximate surface area is 173 Å². The van der Waals surface area contributed by atoms with Crippen LogP contribution >= 0.6 is 24.0 Å². The Bertz CT molecular complexity index is 537. The van der Waals surface area contributed by atoms with E-state index in [0.717, 1.165) is 43.8 Å². The molecule has 0 spiro atoms. The molecule has 0 unspecified atom stereocenters.